The molecule has 0 aliphatic rings. The molecule has 0 saturated heterocycles. The molecule has 0 aliphatic carbocycles. The summed E-state index contributed by atoms with van der Waals surface area (Å²) in [6.45, 7) is 1.79. The van der Waals surface area contributed by atoms with Crippen LogP contribution in [0.4, 0.5) is 0 Å². The third-order valence-electron chi connectivity index (χ3n) is 3.67. The number of amides is 1. The molecule has 0 fully saturated rings. The SMILES string of the molecule is COc1ccc(C(C)NC(=O)/C(C#N)=C\NC(CCSC)C(=O)O)cc1. The minimum absolute atomic E-state index is 0.180. The van der Waals surface area contributed by atoms with Crippen molar-refractivity contribution in [3.8, 4) is 11.8 Å². The normalized spacial score (nSPS) is 13.2. The molecule has 26 heavy (non-hydrogen) atoms. The molecule has 2 atom stereocenters. The van der Waals surface area contributed by atoms with Gasteiger partial charge >= 0.3 is 5.97 Å². The molecule has 0 aromatic heterocycles. The third kappa shape index (κ3) is 6.69. The van der Waals surface area contributed by atoms with Crippen LogP contribution in [-0.2, 0) is 9.59 Å². The monoisotopic (exact) mass is 377 g/mol. The third-order valence-corrected chi connectivity index (χ3v) is 4.31. The van der Waals surface area contributed by atoms with Crippen LogP contribution >= 0.6 is 11.8 Å². The minimum atomic E-state index is -1.03. The average Bonchev–Trinajstić information content (AvgIpc) is 2.64. The fourth-order valence-corrected chi connectivity index (χ4v) is 2.57. The van der Waals surface area contributed by atoms with Gasteiger partial charge in [0.1, 0.15) is 23.4 Å². The average molecular weight is 377 g/mol. The number of hydrogen-bond donors (Lipinski definition) is 3. The highest BCUT2D eigenvalue weighted by Crippen LogP contribution is 2.17. The van der Waals surface area contributed by atoms with Gasteiger partial charge in [0.2, 0.25) is 0 Å². The lowest BCUT2D eigenvalue weighted by molar-refractivity contribution is -0.139. The molecule has 1 aromatic rings. The van der Waals surface area contributed by atoms with Gasteiger partial charge < -0.3 is 20.5 Å². The quantitative estimate of drug-likeness (QED) is 0.423. The van der Waals surface area contributed by atoms with E-state index in [2.05, 4.69) is 10.6 Å². The number of ether oxygens (including phenoxy) is 1. The van der Waals surface area contributed by atoms with Crippen LogP contribution < -0.4 is 15.4 Å². The second kappa shape index (κ2) is 11.1. The topological polar surface area (TPSA) is 111 Å². The Morgan fingerprint density at radius 1 is 1.38 bits per heavy atom. The van der Waals surface area contributed by atoms with Crippen molar-refractivity contribution in [2.75, 3.05) is 19.1 Å². The van der Waals surface area contributed by atoms with Crippen LogP contribution in [0.2, 0.25) is 0 Å². The number of nitrogens with one attached hydrogen (secondary N) is 2. The number of carboxylic acids is 1. The van der Waals surface area contributed by atoms with E-state index in [1.54, 1.807) is 32.2 Å². The standard InChI is InChI=1S/C18H23N3O4S/c1-12(13-4-6-15(25-2)7-5-13)21-17(22)14(10-19)11-20-16(18(23)24)8-9-26-3/h4-7,11-12,16,20H,8-9H2,1-3H3,(H,21,22)(H,23,24)/b14-11-. The van der Waals surface area contributed by atoms with E-state index >= 15 is 0 Å². The van der Waals surface area contributed by atoms with E-state index in [-0.39, 0.29) is 11.6 Å². The predicted molar refractivity (Wildman–Crippen MR) is 101 cm³/mol. The molecular weight excluding hydrogens is 354 g/mol. The zero-order valence-corrected chi connectivity index (χ0v) is 15.8. The molecule has 0 spiro atoms. The smallest absolute Gasteiger partial charge is 0.326 e. The zero-order chi connectivity index (χ0) is 19.5. The number of methoxy groups -OCH3 is 1. The van der Waals surface area contributed by atoms with Crippen LogP contribution in [0, 0.1) is 11.3 Å². The number of rotatable bonds is 10. The zero-order valence-electron chi connectivity index (χ0n) is 15.0. The number of benzene rings is 1. The van der Waals surface area contributed by atoms with E-state index in [9.17, 15) is 14.9 Å². The Labute approximate surface area is 157 Å². The number of carbonyl (C=O) groups is 2. The molecule has 0 saturated carbocycles. The Morgan fingerprint density at radius 2 is 2.04 bits per heavy atom. The predicted octanol–water partition coefficient (Wildman–Crippen LogP) is 2.08. The minimum Gasteiger partial charge on any atom is -0.497 e. The first-order valence-electron chi connectivity index (χ1n) is 7.95. The first kappa shape index (κ1) is 21.4. The van der Waals surface area contributed by atoms with Crippen molar-refractivity contribution in [1.82, 2.24) is 10.6 Å². The van der Waals surface area contributed by atoms with Crippen molar-refractivity contribution in [3.63, 3.8) is 0 Å². The summed E-state index contributed by atoms with van der Waals surface area (Å²) in [6, 6.07) is 7.83. The fraction of sp³-hybridized carbons (Fsp3) is 0.389. The Bertz CT molecular complexity index is 683. The molecule has 140 valence electrons. The second-order valence-electron chi connectivity index (χ2n) is 5.48. The largest absolute Gasteiger partial charge is 0.497 e. The van der Waals surface area contributed by atoms with Crippen LogP contribution in [0.5, 0.6) is 5.75 Å². The Balaban J connectivity index is 2.74. The number of carboxylic acid groups (broad SMARTS) is 1. The number of nitrogens with zero attached hydrogens (tertiary/aromatic N) is 1. The lowest BCUT2D eigenvalue weighted by Gasteiger charge is -2.15. The van der Waals surface area contributed by atoms with Crippen molar-refractivity contribution in [3.05, 3.63) is 41.6 Å². The number of hydrogen-bond acceptors (Lipinski definition) is 6. The van der Waals surface area contributed by atoms with Crippen LogP contribution in [0.15, 0.2) is 36.0 Å². The first-order valence-corrected chi connectivity index (χ1v) is 9.35. The lowest BCUT2D eigenvalue weighted by Crippen LogP contribution is -2.35. The van der Waals surface area contributed by atoms with Crippen molar-refractivity contribution >= 4 is 23.6 Å². The van der Waals surface area contributed by atoms with Gasteiger partial charge in [0.15, 0.2) is 0 Å². The van der Waals surface area contributed by atoms with Gasteiger partial charge in [0.05, 0.1) is 13.2 Å². The molecule has 1 aromatic carbocycles. The maximum absolute atomic E-state index is 12.3. The van der Waals surface area contributed by atoms with Crippen molar-refractivity contribution < 1.29 is 19.4 Å². The van der Waals surface area contributed by atoms with E-state index in [1.807, 2.05) is 18.4 Å². The molecular formula is C18H23N3O4S. The highest BCUT2D eigenvalue weighted by atomic mass is 32.2. The summed E-state index contributed by atoms with van der Waals surface area (Å²) in [6.07, 6.45) is 3.42. The molecule has 2 unspecified atom stereocenters. The van der Waals surface area contributed by atoms with Gasteiger partial charge in [-0.1, -0.05) is 12.1 Å². The lowest BCUT2D eigenvalue weighted by atomic mass is 10.1. The van der Waals surface area contributed by atoms with Crippen molar-refractivity contribution in [2.24, 2.45) is 0 Å². The highest BCUT2D eigenvalue weighted by Gasteiger charge is 2.18. The molecule has 0 radical (unpaired) electrons. The molecule has 1 amide bonds. The van der Waals surface area contributed by atoms with Gasteiger partial charge in [-0.15, -0.1) is 0 Å². The van der Waals surface area contributed by atoms with E-state index in [0.717, 1.165) is 11.8 Å². The van der Waals surface area contributed by atoms with Crippen LogP contribution in [-0.4, -0.2) is 42.1 Å². The molecule has 3 N–H and O–H groups in total. The molecule has 1 rings (SSSR count). The highest BCUT2D eigenvalue weighted by molar-refractivity contribution is 7.98. The second-order valence-corrected chi connectivity index (χ2v) is 6.46. The van der Waals surface area contributed by atoms with Gasteiger partial charge in [-0.25, -0.2) is 4.79 Å². The summed E-state index contributed by atoms with van der Waals surface area (Å²) in [5.41, 5.74) is 0.675. The Kier molecular flexibility index (Phi) is 9.09. The Morgan fingerprint density at radius 3 is 2.54 bits per heavy atom. The van der Waals surface area contributed by atoms with E-state index in [0.29, 0.717) is 17.9 Å². The fourth-order valence-electron chi connectivity index (χ4n) is 2.10. The van der Waals surface area contributed by atoms with E-state index in [1.165, 1.54) is 11.8 Å². The van der Waals surface area contributed by atoms with E-state index in [4.69, 9.17) is 9.84 Å². The van der Waals surface area contributed by atoms with Crippen LogP contribution in [0.3, 0.4) is 0 Å². The van der Waals surface area contributed by atoms with Crippen LogP contribution in [0.1, 0.15) is 24.9 Å². The van der Waals surface area contributed by atoms with Gasteiger partial charge in [0, 0.05) is 6.20 Å². The molecule has 0 aliphatic heterocycles. The van der Waals surface area contributed by atoms with Crippen LogP contribution in [0.25, 0.3) is 0 Å². The summed E-state index contributed by atoms with van der Waals surface area (Å²) < 4.78 is 5.09. The maximum Gasteiger partial charge on any atom is 0.326 e. The van der Waals surface area contributed by atoms with E-state index < -0.39 is 17.9 Å². The summed E-state index contributed by atoms with van der Waals surface area (Å²) in [5.74, 6) is -0.239. The molecule has 0 bridgehead atoms. The molecule has 0 heterocycles. The number of nitriles is 1. The number of thioether (sulfide) groups is 1. The number of aliphatic carboxylic acids is 1. The molecule has 7 nitrogen and oxygen atoms in total. The molecule has 8 heteroatoms. The Hall–Kier alpha value is -2.66. The summed E-state index contributed by atoms with van der Waals surface area (Å²) in [4.78, 5) is 23.5. The number of carbonyl (C=O) groups excluding carboxylic acids is 1. The first-order chi connectivity index (χ1) is 12.4. The van der Waals surface area contributed by atoms with Gasteiger partial charge in [-0.3, -0.25) is 4.79 Å². The summed E-state index contributed by atoms with van der Waals surface area (Å²) >= 11 is 1.53. The maximum atomic E-state index is 12.3. The van der Waals surface area contributed by atoms with Gasteiger partial charge in [-0.2, -0.15) is 17.0 Å². The van der Waals surface area contributed by atoms with Crippen molar-refractivity contribution in [1.29, 1.82) is 5.26 Å². The van der Waals surface area contributed by atoms with Crippen molar-refractivity contribution in [2.45, 2.75) is 25.4 Å². The van der Waals surface area contributed by atoms with Gasteiger partial charge in [-0.05, 0) is 43.0 Å². The summed E-state index contributed by atoms with van der Waals surface area (Å²) in [7, 11) is 1.57. The van der Waals surface area contributed by atoms with Gasteiger partial charge in [0.25, 0.3) is 5.91 Å². The summed E-state index contributed by atoms with van der Waals surface area (Å²) in [5, 5.41) is 23.7.